The molecule has 0 bridgehead atoms. The molecule has 28 nitrogen and oxygen atoms in total. The van der Waals surface area contributed by atoms with E-state index in [1.807, 2.05) is 16.0 Å². The van der Waals surface area contributed by atoms with Gasteiger partial charge in [-0.2, -0.15) is 52.7 Å². The Balaban J connectivity index is 0.000000343. The van der Waals surface area contributed by atoms with Crippen LogP contribution in [0.15, 0.2) is 111 Å². The minimum Gasteiger partial charge on any atom is -0.358 e. The molecule has 46 heteroatoms. The summed E-state index contributed by atoms with van der Waals surface area (Å²) in [5.74, 6) is -3.39. The summed E-state index contributed by atoms with van der Waals surface area (Å²) < 4.78 is 178. The van der Waals surface area contributed by atoms with Gasteiger partial charge >= 0.3 is 24.7 Å². The number of anilines is 4. The zero-order chi connectivity index (χ0) is 85.0. The highest BCUT2D eigenvalue weighted by molar-refractivity contribution is 6.32. The van der Waals surface area contributed by atoms with Crippen LogP contribution in [0.4, 0.5) is 84.7 Å². The van der Waals surface area contributed by atoms with Crippen LogP contribution >= 0.6 is 46.4 Å². The maximum Gasteiger partial charge on any atom is 0.405 e. The Labute approximate surface area is 688 Å². The second-order valence-electron chi connectivity index (χ2n) is 26.2. The molecule has 2 fully saturated rings. The number of hydrogen-bond acceptors (Lipinski definition) is 20. The van der Waals surface area contributed by atoms with E-state index in [9.17, 15) is 80.6 Å². The number of aromatic amines is 4. The van der Waals surface area contributed by atoms with Crippen LogP contribution in [0.5, 0.6) is 0 Å². The second kappa shape index (κ2) is 37.7. The Morgan fingerprint density at radius 3 is 1.24 bits per heavy atom. The second-order valence-corrected chi connectivity index (χ2v) is 28.0. The molecule has 638 valence electrons. The van der Waals surface area contributed by atoms with Crippen LogP contribution in [0.2, 0.25) is 20.1 Å². The molecule has 10 N–H and O–H groups in total. The molecule has 2 aliphatic rings. The highest BCUT2D eigenvalue weighted by atomic mass is 35.5. The molecule has 0 saturated carbocycles. The van der Waals surface area contributed by atoms with Crippen LogP contribution < -0.4 is 41.7 Å². The lowest BCUT2D eigenvalue weighted by molar-refractivity contribution is -0.139. The molecular weight excluding hydrogens is 1670 g/mol. The Kier molecular flexibility index (Phi) is 27.9. The standard InChI is InChI=1S/C19H17ClF4N6O.C19H18ClF3N6O.C17H15ClF4N6O.C17H16ClF3N6O.7H2/c20-10-5-11-12(7-26-15(11)25-6-10)16-27-8-13(21)17(29-16)30-4-2-1-3-14(30)18(31)28-9-19(22,23)24;20-11-7-12-13(9-26-16(12)25-8-11)17-24-5-4-15(28-17)29-6-2-1-3-14(29)18(30)27-10-19(21,22)23;1-2-12(16(29)26-7-17(20,21)22)27-15-11(19)6-25-14(28-15)10-5-24-13-9(10)3-8(18)4-23-13;1-2-12(16(28)25-8-17(19,20)21)26-13-3-4-22-15(27-13)11-7-24-14-10(11)5-9(18)6-23-14;;;;;;;/h5-8,14H,1-4,9H2,(H,25,26)(H,28,31);4-5,7-9,14H,1-3,6,10H2,(H,25,26)(H,27,30);3-6,12H,2,7H2,1H3,(H,23,24)(H,26,29)(H,25,27,28);3-7,12H,2,8H2,1H3,(H,23,24)(H,25,28)(H,22,26,27);7*1H/t2*14-;2*12-;;;;;;;/m1111......./s1. The third kappa shape index (κ3) is 23.0. The normalized spacial score (nSPS) is 15.1. The van der Waals surface area contributed by atoms with E-state index < -0.39 is 110 Å². The molecule has 12 aromatic rings. The molecule has 2 aliphatic heterocycles. The van der Waals surface area contributed by atoms with E-state index in [1.165, 1.54) is 42.0 Å². The zero-order valence-electron chi connectivity index (χ0n) is 61.3. The molecule has 4 amide bonds. The number of rotatable bonds is 20. The minimum absolute atomic E-state index is 0. The smallest absolute Gasteiger partial charge is 0.358 e. The van der Waals surface area contributed by atoms with Crippen molar-refractivity contribution in [2.45, 2.75) is 114 Å². The largest absolute Gasteiger partial charge is 0.405 e. The van der Waals surface area contributed by atoms with Crippen molar-refractivity contribution in [3.05, 3.63) is 142 Å². The number of amides is 4. The maximum atomic E-state index is 14.7. The van der Waals surface area contributed by atoms with Crippen LogP contribution in [-0.2, 0) is 19.2 Å². The molecule has 4 atom stereocenters. The fourth-order valence-electron chi connectivity index (χ4n) is 12.4. The van der Waals surface area contributed by atoms with Gasteiger partial charge in [-0.1, -0.05) is 60.3 Å². The van der Waals surface area contributed by atoms with E-state index in [1.54, 1.807) is 85.4 Å². The molecular formula is C72H80Cl4F14N24O4. The number of carbonyl (C=O) groups excluding carboxylic acids is 4. The molecule has 0 aliphatic carbocycles. The summed E-state index contributed by atoms with van der Waals surface area (Å²) in [6.45, 7) is -1.63. The first-order chi connectivity index (χ1) is 56.0. The Bertz CT molecular complexity index is 5600. The van der Waals surface area contributed by atoms with Gasteiger partial charge in [-0.25, -0.2) is 68.6 Å². The molecule has 14 heterocycles. The van der Waals surface area contributed by atoms with Gasteiger partial charge in [0.15, 0.2) is 46.6 Å². The van der Waals surface area contributed by atoms with Crippen molar-refractivity contribution in [3.63, 3.8) is 0 Å². The SMILES string of the molecule is CC[C@@H](Nc1ccnc(-c2c[nH]c3ncc(Cl)cc23)n1)C(=O)NCC(F)(F)F.CC[C@@H](Nc1nc(-c2c[nH]c3ncc(Cl)cc23)ncc1F)C(=O)NCC(F)(F)F.O=C(NCC(F)(F)F)[C@H]1CCCCN1c1ccnc(-c2c[nH]c3ncc(Cl)cc23)n1.O=C(NCC(F)(F)F)[C@H]1CCCCN1c1nc(-c2c[nH]c3ncc(Cl)cc23)ncc1F.[HH].[HH].[HH].[HH].[HH].[HH].[HH]. The van der Waals surface area contributed by atoms with Crippen molar-refractivity contribution in [3.8, 4) is 45.6 Å². The number of carbonyl (C=O) groups is 4. The fraction of sp³-hybridized carbons (Fsp3) is 0.333. The molecule has 0 radical (unpaired) electrons. The molecule has 14 rings (SSSR count). The first-order valence-corrected chi connectivity index (χ1v) is 37.2. The number of nitrogens with one attached hydrogen (secondary N) is 10. The summed E-state index contributed by atoms with van der Waals surface area (Å²) in [5.41, 5.74) is 4.67. The van der Waals surface area contributed by atoms with Gasteiger partial charge in [-0.15, -0.1) is 0 Å². The van der Waals surface area contributed by atoms with E-state index in [-0.39, 0.29) is 59.1 Å². The molecule has 2 saturated heterocycles. The van der Waals surface area contributed by atoms with E-state index >= 15 is 0 Å². The summed E-state index contributed by atoms with van der Waals surface area (Å²) in [6.07, 6.45) is 3.43. The first-order valence-electron chi connectivity index (χ1n) is 35.7. The lowest BCUT2D eigenvalue weighted by Gasteiger charge is -2.35. The van der Waals surface area contributed by atoms with Crippen molar-refractivity contribution in [1.29, 1.82) is 0 Å². The summed E-state index contributed by atoms with van der Waals surface area (Å²) in [5, 5.41) is 17.3. The Hall–Kier alpha value is -11.7. The molecule has 118 heavy (non-hydrogen) atoms. The molecule has 0 aromatic carbocycles. The number of nitrogens with zero attached hydrogens (tertiary/aromatic N) is 14. The Morgan fingerprint density at radius 2 is 0.814 bits per heavy atom. The van der Waals surface area contributed by atoms with Gasteiger partial charge in [0.2, 0.25) is 23.6 Å². The molecule has 12 aromatic heterocycles. The number of fused-ring (bicyclic) bond motifs is 4. The number of piperidine rings is 2. The molecule has 0 unspecified atom stereocenters. The van der Waals surface area contributed by atoms with Crippen molar-refractivity contribution >= 4 is 137 Å². The van der Waals surface area contributed by atoms with Gasteiger partial charge in [0.1, 0.15) is 84.6 Å². The van der Waals surface area contributed by atoms with E-state index in [4.69, 9.17) is 46.4 Å². The highest BCUT2D eigenvalue weighted by Gasteiger charge is 2.38. The number of alkyl halides is 12. The van der Waals surface area contributed by atoms with Crippen LogP contribution in [0.3, 0.4) is 0 Å². The topological polar surface area (TPSA) is 365 Å². The Morgan fingerprint density at radius 1 is 0.449 bits per heavy atom. The lowest BCUT2D eigenvalue weighted by atomic mass is 10.0. The predicted octanol–water partition coefficient (Wildman–Crippen LogP) is 16.5. The monoisotopic (exact) mass is 1750 g/mol. The van der Waals surface area contributed by atoms with Gasteiger partial charge in [0.05, 0.1) is 32.5 Å². The van der Waals surface area contributed by atoms with Crippen LogP contribution in [-0.4, -0.2) is 192 Å². The third-order valence-electron chi connectivity index (χ3n) is 17.8. The average Bonchev–Trinajstić information content (AvgIpc) is 1.76. The first kappa shape index (κ1) is 87.2. The predicted molar refractivity (Wildman–Crippen MR) is 425 cm³/mol. The van der Waals surface area contributed by atoms with Crippen LogP contribution in [0.25, 0.3) is 89.7 Å². The summed E-state index contributed by atoms with van der Waals surface area (Å²) in [4.78, 5) is 114. The van der Waals surface area contributed by atoms with E-state index in [0.29, 0.717) is 125 Å². The number of aromatic nitrogens is 16. The zero-order valence-corrected chi connectivity index (χ0v) is 64.3. The summed E-state index contributed by atoms with van der Waals surface area (Å²) in [7, 11) is 0. The maximum absolute atomic E-state index is 14.7. The van der Waals surface area contributed by atoms with Gasteiger partial charge in [0.25, 0.3) is 0 Å². The van der Waals surface area contributed by atoms with Crippen molar-refractivity contribution in [2.75, 3.05) is 59.7 Å². The lowest BCUT2D eigenvalue weighted by Crippen LogP contribution is -2.51. The van der Waals surface area contributed by atoms with Crippen LogP contribution in [0.1, 0.15) is 75.2 Å². The van der Waals surface area contributed by atoms with Gasteiger partial charge in [-0.3, -0.25) is 19.2 Å². The summed E-state index contributed by atoms with van der Waals surface area (Å²) >= 11 is 24.0. The van der Waals surface area contributed by atoms with Gasteiger partial charge in [-0.05, 0) is 87.8 Å². The van der Waals surface area contributed by atoms with Gasteiger partial charge < -0.3 is 61.6 Å². The van der Waals surface area contributed by atoms with Crippen molar-refractivity contribution < 1.29 is 90.6 Å². The fourth-order valence-corrected chi connectivity index (χ4v) is 13.0. The number of halogens is 18. The quantitative estimate of drug-likeness (QED) is 0.0317. The van der Waals surface area contributed by atoms with Crippen molar-refractivity contribution in [2.24, 2.45) is 0 Å². The van der Waals surface area contributed by atoms with Gasteiger partial charge in [0, 0.05) is 129 Å². The van der Waals surface area contributed by atoms with E-state index in [0.717, 1.165) is 36.0 Å². The molecule has 0 spiro atoms. The summed E-state index contributed by atoms with van der Waals surface area (Å²) in [6, 6.07) is 6.28. The minimum atomic E-state index is -4.55. The van der Waals surface area contributed by atoms with Crippen molar-refractivity contribution in [1.82, 2.24) is 101 Å². The van der Waals surface area contributed by atoms with E-state index in [2.05, 4.69) is 90.4 Å². The third-order valence-corrected chi connectivity index (χ3v) is 18.7. The number of pyridine rings is 4. The van der Waals surface area contributed by atoms with Crippen LogP contribution in [0, 0.1) is 11.6 Å². The number of H-pyrrole nitrogens is 4. The number of hydrogen-bond donors (Lipinski definition) is 10. The average molecular weight is 1750 g/mol. The highest BCUT2D eigenvalue weighted by Crippen LogP contribution is 2.36.